The lowest BCUT2D eigenvalue weighted by Crippen LogP contribution is -2.09. The molecule has 94 valence electrons. The van der Waals surface area contributed by atoms with Crippen LogP contribution in [0.25, 0.3) is 5.69 Å². The lowest BCUT2D eigenvalue weighted by molar-refractivity contribution is 0.0520. The number of carbonyl (C=O) groups is 1. The summed E-state index contributed by atoms with van der Waals surface area (Å²) in [5, 5.41) is 7.53. The molecule has 1 aromatic carbocycles. The molecule has 7 nitrogen and oxygen atoms in total. The maximum absolute atomic E-state index is 11.5. The van der Waals surface area contributed by atoms with E-state index in [2.05, 4.69) is 10.3 Å². The van der Waals surface area contributed by atoms with Gasteiger partial charge in [-0.15, -0.1) is 5.10 Å². The van der Waals surface area contributed by atoms with Gasteiger partial charge in [0.15, 0.2) is 5.82 Å². The van der Waals surface area contributed by atoms with E-state index in [0.29, 0.717) is 11.4 Å². The van der Waals surface area contributed by atoms with Crippen molar-refractivity contribution in [3.8, 4) is 5.69 Å². The summed E-state index contributed by atoms with van der Waals surface area (Å²) in [5.74, 6) is -0.468. The maximum Gasteiger partial charge on any atom is 0.362 e. The van der Waals surface area contributed by atoms with E-state index in [0.717, 1.165) is 0 Å². The summed E-state index contributed by atoms with van der Waals surface area (Å²) >= 11 is 0. The Morgan fingerprint density at radius 3 is 2.89 bits per heavy atom. The van der Waals surface area contributed by atoms with Crippen molar-refractivity contribution in [2.45, 2.75) is 6.92 Å². The summed E-state index contributed by atoms with van der Waals surface area (Å²) < 4.78 is 6.16. The second kappa shape index (κ2) is 4.74. The molecule has 0 unspecified atom stereocenters. The highest BCUT2D eigenvalue weighted by molar-refractivity contribution is 5.92. The number of hydrogen-bond acceptors (Lipinski definition) is 6. The van der Waals surface area contributed by atoms with E-state index in [1.807, 2.05) is 0 Å². The largest absolute Gasteiger partial charge is 0.461 e. The number of esters is 1. The number of carbonyl (C=O) groups excluding carboxylic acids is 1. The second-order valence-corrected chi connectivity index (χ2v) is 3.55. The smallest absolute Gasteiger partial charge is 0.362 e. The lowest BCUT2D eigenvalue weighted by Gasteiger charge is -2.04. The number of nitrogen functional groups attached to an aromatic ring is 2. The van der Waals surface area contributed by atoms with Crippen molar-refractivity contribution in [3.05, 3.63) is 30.0 Å². The predicted molar refractivity (Wildman–Crippen MR) is 66.1 cm³/mol. The fraction of sp³-hybridized carbons (Fsp3) is 0.182. The van der Waals surface area contributed by atoms with Crippen LogP contribution in [0, 0.1) is 0 Å². The van der Waals surface area contributed by atoms with Crippen LogP contribution in [0.15, 0.2) is 24.3 Å². The third-order valence-corrected chi connectivity index (χ3v) is 2.29. The second-order valence-electron chi connectivity index (χ2n) is 3.55. The van der Waals surface area contributed by atoms with Crippen molar-refractivity contribution in [3.63, 3.8) is 0 Å². The molecule has 1 heterocycles. The zero-order valence-corrected chi connectivity index (χ0v) is 9.83. The molecule has 0 saturated carbocycles. The fourth-order valence-electron chi connectivity index (χ4n) is 1.48. The van der Waals surface area contributed by atoms with Crippen molar-refractivity contribution >= 4 is 17.5 Å². The van der Waals surface area contributed by atoms with Crippen molar-refractivity contribution < 1.29 is 9.53 Å². The number of rotatable bonds is 3. The van der Waals surface area contributed by atoms with E-state index in [-0.39, 0.29) is 18.1 Å². The zero-order chi connectivity index (χ0) is 13.1. The molecule has 0 fully saturated rings. The van der Waals surface area contributed by atoms with Crippen molar-refractivity contribution in [1.29, 1.82) is 0 Å². The number of benzene rings is 1. The lowest BCUT2D eigenvalue weighted by atomic mass is 10.3. The molecule has 18 heavy (non-hydrogen) atoms. The fourth-order valence-corrected chi connectivity index (χ4v) is 1.48. The molecule has 4 N–H and O–H groups in total. The maximum atomic E-state index is 11.5. The van der Waals surface area contributed by atoms with Gasteiger partial charge >= 0.3 is 5.97 Å². The molecule has 0 atom stereocenters. The summed E-state index contributed by atoms with van der Waals surface area (Å²) in [4.78, 5) is 11.5. The molecule has 1 aromatic heterocycles. The standard InChI is InChI=1S/C11H13N5O2/c1-2-18-11(17)9-10(13)16(15-14-9)8-5-3-4-7(12)6-8/h3-6H,2,12-13H2,1H3. The minimum atomic E-state index is -0.592. The van der Waals surface area contributed by atoms with Gasteiger partial charge in [-0.3, -0.25) is 0 Å². The zero-order valence-electron chi connectivity index (χ0n) is 9.83. The minimum absolute atomic E-state index is 0.000672. The average Bonchev–Trinajstić information content (AvgIpc) is 2.71. The van der Waals surface area contributed by atoms with Gasteiger partial charge in [-0.05, 0) is 25.1 Å². The van der Waals surface area contributed by atoms with Gasteiger partial charge in [0, 0.05) is 5.69 Å². The number of ether oxygens (including phenoxy) is 1. The van der Waals surface area contributed by atoms with Crippen LogP contribution in [0.4, 0.5) is 11.5 Å². The van der Waals surface area contributed by atoms with Gasteiger partial charge in [-0.1, -0.05) is 11.3 Å². The number of nitrogens with two attached hydrogens (primary N) is 2. The normalized spacial score (nSPS) is 10.3. The van der Waals surface area contributed by atoms with Crippen molar-refractivity contribution in [2.24, 2.45) is 0 Å². The highest BCUT2D eigenvalue weighted by Gasteiger charge is 2.19. The Hall–Kier alpha value is -2.57. The van der Waals surface area contributed by atoms with Crippen molar-refractivity contribution in [2.75, 3.05) is 18.1 Å². The quantitative estimate of drug-likeness (QED) is 0.607. The van der Waals surface area contributed by atoms with Crippen LogP contribution >= 0.6 is 0 Å². The van der Waals surface area contributed by atoms with Gasteiger partial charge in [0.25, 0.3) is 0 Å². The van der Waals surface area contributed by atoms with Crippen molar-refractivity contribution in [1.82, 2.24) is 15.0 Å². The Morgan fingerprint density at radius 2 is 2.22 bits per heavy atom. The van der Waals surface area contributed by atoms with E-state index < -0.39 is 5.97 Å². The van der Waals surface area contributed by atoms with Gasteiger partial charge in [-0.2, -0.15) is 4.68 Å². The van der Waals surface area contributed by atoms with Gasteiger partial charge in [0.05, 0.1) is 12.3 Å². The minimum Gasteiger partial charge on any atom is -0.461 e. The van der Waals surface area contributed by atoms with Crippen LogP contribution in [0.5, 0.6) is 0 Å². The Balaban J connectivity index is 2.39. The first-order chi connectivity index (χ1) is 8.63. The van der Waals surface area contributed by atoms with Gasteiger partial charge in [0.2, 0.25) is 5.69 Å². The number of nitrogens with zero attached hydrogens (tertiary/aromatic N) is 3. The van der Waals surface area contributed by atoms with E-state index >= 15 is 0 Å². The molecule has 0 bridgehead atoms. The SMILES string of the molecule is CCOC(=O)c1nnn(-c2cccc(N)c2)c1N. The average molecular weight is 247 g/mol. The topological polar surface area (TPSA) is 109 Å². The molecule has 2 aromatic rings. The molecule has 2 rings (SSSR count). The summed E-state index contributed by atoms with van der Waals surface area (Å²) in [7, 11) is 0. The molecule has 0 radical (unpaired) electrons. The molecular formula is C11H13N5O2. The van der Waals surface area contributed by atoms with E-state index in [4.69, 9.17) is 16.2 Å². The first kappa shape index (κ1) is 11.9. The Bertz CT molecular complexity index is 579. The molecule has 0 spiro atoms. The van der Waals surface area contributed by atoms with Crippen LogP contribution < -0.4 is 11.5 Å². The van der Waals surface area contributed by atoms with Crippen LogP contribution in [-0.4, -0.2) is 27.6 Å². The third-order valence-electron chi connectivity index (χ3n) is 2.29. The number of anilines is 2. The highest BCUT2D eigenvalue weighted by atomic mass is 16.5. The number of hydrogen-bond donors (Lipinski definition) is 2. The molecule has 0 aliphatic rings. The van der Waals surface area contributed by atoms with Crippen LogP contribution in [0.1, 0.15) is 17.4 Å². The molecular weight excluding hydrogens is 234 g/mol. The summed E-state index contributed by atoms with van der Waals surface area (Å²) in [6.07, 6.45) is 0. The van der Waals surface area contributed by atoms with Crippen LogP contribution in [-0.2, 0) is 4.74 Å². The van der Waals surface area contributed by atoms with E-state index in [9.17, 15) is 4.79 Å². The van der Waals surface area contributed by atoms with Crippen LogP contribution in [0.3, 0.4) is 0 Å². The highest BCUT2D eigenvalue weighted by Crippen LogP contribution is 2.17. The Labute approximate surface area is 103 Å². The number of aromatic nitrogens is 3. The summed E-state index contributed by atoms with van der Waals surface area (Å²) in [6.45, 7) is 1.96. The Morgan fingerprint density at radius 1 is 1.44 bits per heavy atom. The monoisotopic (exact) mass is 247 g/mol. The molecule has 0 saturated heterocycles. The van der Waals surface area contributed by atoms with E-state index in [1.165, 1.54) is 4.68 Å². The van der Waals surface area contributed by atoms with E-state index in [1.54, 1.807) is 31.2 Å². The van der Waals surface area contributed by atoms with Gasteiger partial charge in [0.1, 0.15) is 0 Å². The third kappa shape index (κ3) is 2.10. The molecule has 0 amide bonds. The van der Waals surface area contributed by atoms with Gasteiger partial charge < -0.3 is 16.2 Å². The van der Waals surface area contributed by atoms with Crippen LogP contribution in [0.2, 0.25) is 0 Å². The summed E-state index contributed by atoms with van der Waals surface area (Å²) in [6, 6.07) is 6.94. The first-order valence-electron chi connectivity index (χ1n) is 5.37. The Kier molecular flexibility index (Phi) is 3.13. The molecule has 0 aliphatic heterocycles. The molecule has 7 heteroatoms. The van der Waals surface area contributed by atoms with Gasteiger partial charge in [-0.25, -0.2) is 4.79 Å². The predicted octanol–water partition coefficient (Wildman–Crippen LogP) is 0.608. The summed E-state index contributed by atoms with van der Waals surface area (Å²) in [5.41, 5.74) is 12.7. The first-order valence-corrected chi connectivity index (χ1v) is 5.37. The molecule has 0 aliphatic carbocycles.